The van der Waals surface area contributed by atoms with E-state index in [0.717, 1.165) is 37.6 Å². The van der Waals surface area contributed by atoms with Gasteiger partial charge in [-0.25, -0.2) is 4.98 Å². The number of hydrazone groups is 1. The van der Waals surface area contributed by atoms with Crippen molar-refractivity contribution in [2.45, 2.75) is 20.3 Å². The monoisotopic (exact) mass is 416 g/mol. The zero-order valence-electron chi connectivity index (χ0n) is 13.8. The smallest absolute Gasteiger partial charge is 0.255 e. The number of fused-ring (bicyclic) bond motifs is 1. The lowest BCUT2D eigenvalue weighted by molar-refractivity contribution is 0.102. The summed E-state index contributed by atoms with van der Waals surface area (Å²) in [5, 5.41) is 7.92. The number of benzene rings is 2. The van der Waals surface area contributed by atoms with Gasteiger partial charge in [-0.1, -0.05) is 40.3 Å². The number of anilines is 2. The topological polar surface area (TPSA) is 66.4 Å². The van der Waals surface area contributed by atoms with Crippen LogP contribution in [0, 0.1) is 0 Å². The highest BCUT2D eigenvalue weighted by molar-refractivity contribution is 9.10. The van der Waals surface area contributed by atoms with E-state index in [0.29, 0.717) is 5.56 Å². The summed E-state index contributed by atoms with van der Waals surface area (Å²) in [6.07, 6.45) is 0.893. The van der Waals surface area contributed by atoms with E-state index in [4.69, 9.17) is 0 Å². The fourth-order valence-corrected chi connectivity index (χ4v) is 3.35. The molecule has 1 aromatic heterocycles. The average molecular weight is 417 g/mol. The fourth-order valence-electron chi connectivity index (χ4n) is 2.11. The molecule has 0 spiro atoms. The van der Waals surface area contributed by atoms with Gasteiger partial charge in [0.25, 0.3) is 5.91 Å². The minimum Gasteiger partial charge on any atom is -0.322 e. The maximum absolute atomic E-state index is 12.3. The Morgan fingerprint density at radius 1 is 1.28 bits per heavy atom. The molecule has 2 aromatic carbocycles. The first-order valence-corrected chi connectivity index (χ1v) is 9.43. The average Bonchev–Trinajstić information content (AvgIpc) is 3.01. The van der Waals surface area contributed by atoms with E-state index in [9.17, 15) is 4.79 Å². The zero-order chi connectivity index (χ0) is 17.8. The number of amides is 1. The molecule has 0 bridgehead atoms. The number of nitrogens with one attached hydrogen (secondary N) is 2. The Morgan fingerprint density at radius 2 is 2.12 bits per heavy atom. The Balaban J connectivity index is 1.78. The molecular formula is C18H17BrN4OS. The van der Waals surface area contributed by atoms with Gasteiger partial charge >= 0.3 is 0 Å². The maximum Gasteiger partial charge on any atom is 0.255 e. The van der Waals surface area contributed by atoms with E-state index >= 15 is 0 Å². The summed E-state index contributed by atoms with van der Waals surface area (Å²) in [5.74, 6) is -0.147. The first-order chi connectivity index (χ1) is 12.0. The van der Waals surface area contributed by atoms with Crippen LogP contribution in [0.5, 0.6) is 0 Å². The van der Waals surface area contributed by atoms with Crippen LogP contribution in [0.3, 0.4) is 0 Å². The Hall–Kier alpha value is -2.25. The number of rotatable bonds is 5. The normalized spacial score (nSPS) is 11.6. The highest BCUT2D eigenvalue weighted by atomic mass is 79.9. The number of nitrogens with zero attached hydrogens (tertiary/aromatic N) is 2. The predicted molar refractivity (Wildman–Crippen MR) is 109 cm³/mol. The van der Waals surface area contributed by atoms with Crippen molar-refractivity contribution in [2.75, 3.05) is 10.7 Å². The van der Waals surface area contributed by atoms with Crippen molar-refractivity contribution < 1.29 is 4.79 Å². The lowest BCUT2D eigenvalue weighted by Crippen LogP contribution is -2.11. The molecule has 128 valence electrons. The van der Waals surface area contributed by atoms with Gasteiger partial charge in [0.05, 0.1) is 10.2 Å². The molecule has 1 amide bonds. The summed E-state index contributed by atoms with van der Waals surface area (Å²) in [6.45, 7) is 4.02. The van der Waals surface area contributed by atoms with Crippen LogP contribution >= 0.6 is 27.3 Å². The molecule has 0 aliphatic rings. The number of carbonyl (C=O) groups is 1. The van der Waals surface area contributed by atoms with Crippen LogP contribution in [-0.4, -0.2) is 16.6 Å². The number of hydrogen-bond acceptors (Lipinski definition) is 5. The van der Waals surface area contributed by atoms with Crippen LogP contribution in [-0.2, 0) is 0 Å². The van der Waals surface area contributed by atoms with Crippen molar-refractivity contribution in [3.05, 3.63) is 52.5 Å². The molecule has 0 fully saturated rings. The Morgan fingerprint density at radius 3 is 2.88 bits per heavy atom. The molecule has 3 aromatic rings. The summed E-state index contributed by atoms with van der Waals surface area (Å²) in [6, 6.07) is 13.0. The number of thiazole rings is 1. The zero-order valence-corrected chi connectivity index (χ0v) is 16.2. The molecule has 0 saturated carbocycles. The predicted octanol–water partition coefficient (Wildman–Crippen LogP) is 5.51. The van der Waals surface area contributed by atoms with Gasteiger partial charge in [-0.05, 0) is 49.7 Å². The van der Waals surface area contributed by atoms with E-state index in [1.54, 1.807) is 12.1 Å². The van der Waals surface area contributed by atoms with Gasteiger partial charge in [0.15, 0.2) is 0 Å². The molecule has 7 heteroatoms. The lowest BCUT2D eigenvalue weighted by atomic mass is 10.2. The number of hydrogen-bond donors (Lipinski definition) is 2. The Labute approximate surface area is 158 Å². The van der Waals surface area contributed by atoms with E-state index in [1.807, 2.05) is 37.3 Å². The molecule has 1 heterocycles. The van der Waals surface area contributed by atoms with Crippen LogP contribution in [0.1, 0.15) is 30.6 Å². The van der Waals surface area contributed by atoms with Crippen LogP contribution in [0.4, 0.5) is 10.8 Å². The third-order valence-electron chi connectivity index (χ3n) is 3.59. The SMILES string of the molecule is CC/C(C)=N\Nc1nc2ccc(NC(=O)c3cccc(Br)c3)cc2s1. The molecule has 0 unspecified atom stereocenters. The number of aromatic nitrogens is 1. The van der Waals surface area contributed by atoms with Gasteiger partial charge in [-0.3, -0.25) is 10.2 Å². The van der Waals surface area contributed by atoms with Crippen molar-refractivity contribution in [3.63, 3.8) is 0 Å². The van der Waals surface area contributed by atoms with Crippen LogP contribution in [0.2, 0.25) is 0 Å². The molecule has 0 radical (unpaired) electrons. The van der Waals surface area contributed by atoms with Gasteiger partial charge in [0.1, 0.15) is 0 Å². The molecule has 0 aliphatic heterocycles. The van der Waals surface area contributed by atoms with E-state index < -0.39 is 0 Å². The summed E-state index contributed by atoms with van der Waals surface area (Å²) < 4.78 is 1.86. The molecule has 0 saturated heterocycles. The van der Waals surface area contributed by atoms with E-state index in [2.05, 4.69) is 43.7 Å². The largest absolute Gasteiger partial charge is 0.322 e. The summed E-state index contributed by atoms with van der Waals surface area (Å²) in [4.78, 5) is 16.8. The summed E-state index contributed by atoms with van der Waals surface area (Å²) >= 11 is 4.88. The third kappa shape index (κ3) is 4.43. The Kier molecular flexibility index (Phi) is 5.45. The van der Waals surface area contributed by atoms with Crippen molar-refractivity contribution in [2.24, 2.45) is 5.10 Å². The summed E-state index contributed by atoms with van der Waals surface area (Å²) in [7, 11) is 0. The van der Waals surface area contributed by atoms with Gasteiger partial charge in [-0.15, -0.1) is 0 Å². The van der Waals surface area contributed by atoms with E-state index in [1.165, 1.54) is 11.3 Å². The molecule has 0 aliphatic carbocycles. The first-order valence-electron chi connectivity index (χ1n) is 7.82. The van der Waals surface area contributed by atoms with Crippen molar-refractivity contribution in [1.29, 1.82) is 0 Å². The standard InChI is InChI=1S/C18H17BrN4OS/c1-3-11(2)22-23-18-21-15-8-7-14(10-16(15)25-18)20-17(24)12-5-4-6-13(19)9-12/h4-10H,3H2,1-2H3,(H,20,24)(H,21,23)/b22-11-. The second kappa shape index (κ2) is 7.76. The quantitative estimate of drug-likeness (QED) is 0.425. The molecule has 0 atom stereocenters. The van der Waals surface area contributed by atoms with Crippen molar-refractivity contribution in [1.82, 2.24) is 4.98 Å². The highest BCUT2D eigenvalue weighted by Gasteiger charge is 2.09. The van der Waals surface area contributed by atoms with Crippen LogP contribution in [0.25, 0.3) is 10.2 Å². The molecule has 5 nitrogen and oxygen atoms in total. The number of halogens is 1. The maximum atomic E-state index is 12.3. The second-order valence-corrected chi connectivity index (χ2v) is 7.42. The van der Waals surface area contributed by atoms with E-state index in [-0.39, 0.29) is 5.91 Å². The first kappa shape index (κ1) is 17.6. The van der Waals surface area contributed by atoms with Crippen molar-refractivity contribution in [3.8, 4) is 0 Å². The number of carbonyl (C=O) groups excluding carboxylic acids is 1. The highest BCUT2D eigenvalue weighted by Crippen LogP contribution is 2.28. The molecular weight excluding hydrogens is 400 g/mol. The van der Waals surface area contributed by atoms with Gasteiger partial charge < -0.3 is 5.32 Å². The fraction of sp³-hybridized carbons (Fsp3) is 0.167. The second-order valence-electron chi connectivity index (χ2n) is 5.48. The van der Waals surface area contributed by atoms with Gasteiger partial charge in [-0.2, -0.15) is 5.10 Å². The van der Waals surface area contributed by atoms with Gasteiger partial charge in [0, 0.05) is 21.4 Å². The molecule has 3 rings (SSSR count). The van der Waals surface area contributed by atoms with Crippen LogP contribution in [0.15, 0.2) is 52.0 Å². The third-order valence-corrected chi connectivity index (χ3v) is 5.00. The van der Waals surface area contributed by atoms with Gasteiger partial charge in [0.2, 0.25) is 5.13 Å². The minimum absolute atomic E-state index is 0.147. The molecule has 2 N–H and O–H groups in total. The Bertz CT molecular complexity index is 951. The van der Waals surface area contributed by atoms with Crippen molar-refractivity contribution >= 4 is 59.9 Å². The van der Waals surface area contributed by atoms with Crippen LogP contribution < -0.4 is 10.7 Å². The summed E-state index contributed by atoms with van der Waals surface area (Å²) in [5.41, 5.74) is 6.21. The molecule has 25 heavy (non-hydrogen) atoms. The lowest BCUT2D eigenvalue weighted by Gasteiger charge is -2.05. The minimum atomic E-state index is -0.147.